The van der Waals surface area contributed by atoms with Crippen LogP contribution < -0.4 is 10.5 Å². The average Bonchev–Trinajstić information content (AvgIpc) is 2.51. The number of hydrogen-bond acceptors (Lipinski definition) is 6. The van der Waals surface area contributed by atoms with E-state index in [0.717, 1.165) is 12.8 Å². The molecule has 0 unspecified atom stereocenters. The van der Waals surface area contributed by atoms with Crippen LogP contribution in [0, 0.1) is 5.95 Å². The van der Waals surface area contributed by atoms with Crippen LogP contribution >= 0.6 is 23.2 Å². The van der Waals surface area contributed by atoms with Crippen molar-refractivity contribution in [1.29, 1.82) is 0 Å². The Labute approximate surface area is 144 Å². The molecular weight excluding hydrogens is 350 g/mol. The van der Waals surface area contributed by atoms with Crippen molar-refractivity contribution in [3.8, 4) is 5.88 Å². The van der Waals surface area contributed by atoms with Crippen LogP contribution in [0.5, 0.6) is 5.88 Å². The summed E-state index contributed by atoms with van der Waals surface area (Å²) in [6.45, 7) is 4.14. The minimum Gasteiger partial charge on any atom is -0.464 e. The zero-order valence-electron chi connectivity index (χ0n) is 12.9. The first kappa shape index (κ1) is 19.7. The summed E-state index contributed by atoms with van der Waals surface area (Å²) in [5.74, 6) is -2.02. The molecular formula is C14H19Cl2FN2O4. The summed E-state index contributed by atoms with van der Waals surface area (Å²) >= 11 is 11.4. The summed E-state index contributed by atoms with van der Waals surface area (Å²) in [5.41, 5.74) is 5.29. The second-order valence-corrected chi connectivity index (χ2v) is 5.52. The molecule has 0 aliphatic rings. The van der Waals surface area contributed by atoms with E-state index in [-0.39, 0.29) is 23.2 Å². The molecule has 0 aliphatic heterocycles. The first-order valence-corrected chi connectivity index (χ1v) is 7.82. The zero-order chi connectivity index (χ0) is 17.4. The number of anilines is 1. The Kier molecular flexibility index (Phi) is 8.36. The van der Waals surface area contributed by atoms with Gasteiger partial charge in [0.05, 0.1) is 12.3 Å². The van der Waals surface area contributed by atoms with Crippen LogP contribution in [0.4, 0.5) is 10.1 Å². The highest BCUT2D eigenvalue weighted by atomic mass is 35.5. The molecule has 0 bridgehead atoms. The van der Waals surface area contributed by atoms with Crippen LogP contribution in [0.3, 0.4) is 0 Å². The van der Waals surface area contributed by atoms with Gasteiger partial charge in [-0.25, -0.2) is 4.79 Å². The lowest BCUT2D eigenvalue weighted by Gasteiger charge is -2.14. The van der Waals surface area contributed by atoms with Crippen LogP contribution in [0.25, 0.3) is 0 Å². The Morgan fingerprint density at radius 1 is 1.39 bits per heavy atom. The second kappa shape index (κ2) is 9.75. The summed E-state index contributed by atoms with van der Waals surface area (Å²) < 4.78 is 28.8. The number of rotatable bonds is 9. The van der Waals surface area contributed by atoms with Crippen LogP contribution in [0.15, 0.2) is 0 Å². The van der Waals surface area contributed by atoms with E-state index in [2.05, 4.69) is 11.9 Å². The first-order chi connectivity index (χ1) is 10.9. The molecule has 0 amide bonds. The molecule has 9 heteroatoms. The fraction of sp³-hybridized carbons (Fsp3) is 0.571. The molecule has 0 saturated heterocycles. The number of pyridine rings is 1. The van der Waals surface area contributed by atoms with Gasteiger partial charge in [0, 0.05) is 6.61 Å². The van der Waals surface area contributed by atoms with Crippen LogP contribution in [-0.4, -0.2) is 36.9 Å². The van der Waals surface area contributed by atoms with Crippen molar-refractivity contribution in [2.75, 3.05) is 25.6 Å². The topological polar surface area (TPSA) is 83.7 Å². The number of hydrogen-bond donors (Lipinski definition) is 1. The summed E-state index contributed by atoms with van der Waals surface area (Å²) in [6, 6.07) is 0. The van der Waals surface area contributed by atoms with Crippen molar-refractivity contribution < 1.29 is 23.4 Å². The summed E-state index contributed by atoms with van der Waals surface area (Å²) in [4.78, 5) is 15.0. The molecule has 0 saturated carbocycles. The molecule has 0 aromatic carbocycles. The van der Waals surface area contributed by atoms with Crippen molar-refractivity contribution in [2.24, 2.45) is 0 Å². The van der Waals surface area contributed by atoms with Gasteiger partial charge in [0.2, 0.25) is 11.8 Å². The zero-order valence-corrected chi connectivity index (χ0v) is 14.4. The Morgan fingerprint density at radius 2 is 2.09 bits per heavy atom. The third-order valence-electron chi connectivity index (χ3n) is 2.70. The predicted molar refractivity (Wildman–Crippen MR) is 85.4 cm³/mol. The van der Waals surface area contributed by atoms with Crippen molar-refractivity contribution in [1.82, 2.24) is 4.98 Å². The number of unbranched alkanes of at least 4 members (excludes halogenated alkanes) is 1. The Hall–Kier alpha value is -1.31. The lowest BCUT2D eigenvalue weighted by atomic mass is 10.3. The van der Waals surface area contributed by atoms with Gasteiger partial charge < -0.3 is 19.9 Å². The van der Waals surface area contributed by atoms with Gasteiger partial charge in [-0.05, 0) is 13.3 Å². The lowest BCUT2D eigenvalue weighted by Crippen LogP contribution is -2.24. The fourth-order valence-electron chi connectivity index (χ4n) is 1.52. The number of carbonyl (C=O) groups excluding carboxylic acids is 1. The maximum Gasteiger partial charge on any atom is 0.344 e. The van der Waals surface area contributed by atoms with Crippen LogP contribution in [-0.2, 0) is 14.3 Å². The molecule has 1 rings (SSSR count). The number of aromatic nitrogens is 1. The average molecular weight is 369 g/mol. The smallest absolute Gasteiger partial charge is 0.344 e. The number of ether oxygens (including phenoxy) is 3. The maximum absolute atomic E-state index is 13.4. The molecule has 0 aliphatic carbocycles. The molecule has 23 heavy (non-hydrogen) atoms. The van der Waals surface area contributed by atoms with E-state index < -0.39 is 29.7 Å². The molecule has 1 heterocycles. The lowest BCUT2D eigenvalue weighted by molar-refractivity contribution is -0.153. The molecule has 6 nitrogen and oxygen atoms in total. The van der Waals surface area contributed by atoms with Crippen molar-refractivity contribution >= 4 is 34.9 Å². The molecule has 0 radical (unpaired) electrons. The predicted octanol–water partition coefficient (Wildman–Crippen LogP) is 3.24. The highest BCUT2D eigenvalue weighted by molar-refractivity contribution is 6.39. The van der Waals surface area contributed by atoms with E-state index in [1.54, 1.807) is 6.92 Å². The van der Waals surface area contributed by atoms with Gasteiger partial charge in [0.1, 0.15) is 16.1 Å². The van der Waals surface area contributed by atoms with Gasteiger partial charge in [0.15, 0.2) is 6.61 Å². The van der Waals surface area contributed by atoms with Gasteiger partial charge in [-0.1, -0.05) is 36.5 Å². The minimum atomic E-state index is -1.03. The van der Waals surface area contributed by atoms with E-state index in [4.69, 9.17) is 43.1 Å². The normalized spacial score (nSPS) is 12.0. The van der Waals surface area contributed by atoms with E-state index in [9.17, 15) is 9.18 Å². The number of nitrogens with zero attached hydrogens (tertiary/aromatic N) is 1. The summed E-state index contributed by atoms with van der Waals surface area (Å²) in [7, 11) is 0. The first-order valence-electron chi connectivity index (χ1n) is 7.06. The molecule has 2 N–H and O–H groups in total. The molecule has 0 spiro atoms. The number of esters is 1. The minimum absolute atomic E-state index is 0.167. The number of nitrogens with two attached hydrogens (primary N) is 1. The third-order valence-corrected chi connectivity index (χ3v) is 3.42. The van der Waals surface area contributed by atoms with Gasteiger partial charge in [-0.15, -0.1) is 0 Å². The van der Waals surface area contributed by atoms with Crippen LogP contribution in [0.2, 0.25) is 10.0 Å². The Morgan fingerprint density at radius 3 is 2.74 bits per heavy atom. The standard InChI is InChI=1S/C14H19Cl2FN2O4/c1-3-4-5-21-6-8(2)23-9(20)7-22-14-11(16)12(18)10(15)13(17)19-14/h8H,3-7H2,1-2H3,(H2,18,19)/t8-/m0/s1. The van der Waals surface area contributed by atoms with Gasteiger partial charge in [-0.2, -0.15) is 9.37 Å². The van der Waals surface area contributed by atoms with Crippen molar-refractivity contribution in [3.63, 3.8) is 0 Å². The summed E-state index contributed by atoms with van der Waals surface area (Å²) in [6.07, 6.45) is 1.53. The maximum atomic E-state index is 13.4. The highest BCUT2D eigenvalue weighted by Crippen LogP contribution is 2.35. The van der Waals surface area contributed by atoms with Crippen LogP contribution in [0.1, 0.15) is 26.7 Å². The summed E-state index contributed by atoms with van der Waals surface area (Å²) in [5, 5.41) is -0.567. The second-order valence-electron chi connectivity index (χ2n) is 4.77. The molecule has 1 aromatic rings. The Balaban J connectivity index is 2.45. The SMILES string of the molecule is CCCCOC[C@H](C)OC(=O)COc1nc(F)c(Cl)c(N)c1Cl. The van der Waals surface area contributed by atoms with Crippen molar-refractivity contribution in [2.45, 2.75) is 32.8 Å². The van der Waals surface area contributed by atoms with Crippen molar-refractivity contribution in [3.05, 3.63) is 16.0 Å². The monoisotopic (exact) mass is 368 g/mol. The Bertz CT molecular complexity index is 546. The van der Waals surface area contributed by atoms with E-state index >= 15 is 0 Å². The molecule has 1 aromatic heterocycles. The van der Waals surface area contributed by atoms with Gasteiger partial charge in [0.25, 0.3) is 0 Å². The molecule has 1 atom stereocenters. The van der Waals surface area contributed by atoms with Gasteiger partial charge in [-0.3, -0.25) is 0 Å². The van der Waals surface area contributed by atoms with E-state index in [1.807, 2.05) is 0 Å². The quantitative estimate of drug-likeness (QED) is 0.409. The van der Waals surface area contributed by atoms with Gasteiger partial charge >= 0.3 is 5.97 Å². The highest BCUT2D eigenvalue weighted by Gasteiger charge is 2.18. The molecule has 130 valence electrons. The number of carbonyl (C=O) groups is 1. The van der Waals surface area contributed by atoms with E-state index in [1.165, 1.54) is 0 Å². The molecule has 0 fully saturated rings. The van der Waals surface area contributed by atoms with E-state index in [0.29, 0.717) is 6.61 Å². The largest absolute Gasteiger partial charge is 0.464 e. The third kappa shape index (κ3) is 6.37. The number of halogens is 3. The fourth-order valence-corrected chi connectivity index (χ4v) is 1.90. The number of nitrogen functional groups attached to an aromatic ring is 1.